The van der Waals surface area contributed by atoms with E-state index in [1.807, 2.05) is 36.4 Å². The van der Waals surface area contributed by atoms with Crippen molar-refractivity contribution in [2.45, 2.75) is 51.2 Å². The van der Waals surface area contributed by atoms with Gasteiger partial charge in [-0.1, -0.05) is 74.5 Å². The summed E-state index contributed by atoms with van der Waals surface area (Å²) in [7, 11) is 0. The van der Waals surface area contributed by atoms with E-state index in [0.29, 0.717) is 12.5 Å². The van der Waals surface area contributed by atoms with Crippen molar-refractivity contribution >= 4 is 11.8 Å². The van der Waals surface area contributed by atoms with E-state index in [1.165, 1.54) is 5.56 Å². The number of fused-ring (bicyclic) bond motifs is 1. The van der Waals surface area contributed by atoms with Gasteiger partial charge in [0.25, 0.3) is 0 Å². The maximum Gasteiger partial charge on any atom is 0.246 e. The van der Waals surface area contributed by atoms with Gasteiger partial charge in [0.15, 0.2) is 0 Å². The molecule has 1 unspecified atom stereocenters. The van der Waals surface area contributed by atoms with Crippen molar-refractivity contribution in [3.05, 3.63) is 71.8 Å². The molecule has 5 heteroatoms. The van der Waals surface area contributed by atoms with Crippen LogP contribution in [0.25, 0.3) is 0 Å². The highest BCUT2D eigenvalue weighted by atomic mass is 16.2. The van der Waals surface area contributed by atoms with Crippen molar-refractivity contribution in [1.29, 1.82) is 0 Å². The van der Waals surface area contributed by atoms with Crippen LogP contribution in [-0.4, -0.2) is 41.4 Å². The number of nitrogens with one attached hydrogen (secondary N) is 2. The van der Waals surface area contributed by atoms with Gasteiger partial charge in [0.2, 0.25) is 11.8 Å². The first-order valence-corrected chi connectivity index (χ1v) is 12.4. The minimum atomic E-state index is -0.860. The number of benzene rings is 2. The molecule has 4 bridgehead atoms. The lowest BCUT2D eigenvalue weighted by molar-refractivity contribution is -0.171. The van der Waals surface area contributed by atoms with Gasteiger partial charge in [0.1, 0.15) is 5.54 Å². The first-order valence-electron chi connectivity index (χ1n) is 12.4. The SMILES string of the molecule is CC(C)CN1CC[C@H]2CC3(C(=O)NCc4ccccc4)NC(=O)[C@H]2[C@H]1[C@H]3Cc1ccccc1. The molecule has 2 aromatic rings. The molecule has 2 aromatic carbocycles. The lowest BCUT2D eigenvalue weighted by Gasteiger charge is -2.63. The van der Waals surface area contributed by atoms with Crippen molar-refractivity contribution in [2.24, 2.45) is 23.7 Å². The number of rotatable bonds is 7. The van der Waals surface area contributed by atoms with Gasteiger partial charge in [0.05, 0.1) is 5.92 Å². The van der Waals surface area contributed by atoms with Gasteiger partial charge >= 0.3 is 0 Å². The Morgan fingerprint density at radius 3 is 2.42 bits per heavy atom. The molecule has 33 heavy (non-hydrogen) atoms. The Balaban J connectivity index is 1.50. The van der Waals surface area contributed by atoms with Crippen LogP contribution in [0.15, 0.2) is 60.7 Å². The Hall–Kier alpha value is -2.66. The minimum absolute atomic E-state index is 0.0185. The zero-order valence-corrected chi connectivity index (χ0v) is 19.7. The standard InChI is InChI=1S/C28H35N3O2/c1-19(2)18-31-14-13-22-16-28(27(33)29-17-21-11-7-4-8-12-21)23(15-20-9-5-3-6-10-20)25(31)24(22)26(32)30-28/h3-12,19,22-25H,13-18H2,1-2H3,(H,29,33)(H,30,32)/t22-,23+,24+,25+,28?/m0/s1. The summed E-state index contributed by atoms with van der Waals surface area (Å²) >= 11 is 0. The zero-order valence-electron chi connectivity index (χ0n) is 19.7. The summed E-state index contributed by atoms with van der Waals surface area (Å²) in [5, 5.41) is 6.45. The number of carbonyl (C=O) groups is 2. The highest BCUT2D eigenvalue weighted by Crippen LogP contribution is 2.52. The minimum Gasteiger partial charge on any atom is -0.350 e. The second-order valence-electron chi connectivity index (χ2n) is 10.6. The zero-order chi connectivity index (χ0) is 23.0. The van der Waals surface area contributed by atoms with Crippen LogP contribution in [-0.2, 0) is 22.6 Å². The molecule has 0 radical (unpaired) electrons. The van der Waals surface area contributed by atoms with Gasteiger partial charge < -0.3 is 10.6 Å². The number of carbonyl (C=O) groups excluding carboxylic acids is 2. The summed E-state index contributed by atoms with van der Waals surface area (Å²) in [5.41, 5.74) is 1.44. The molecule has 2 N–H and O–H groups in total. The van der Waals surface area contributed by atoms with E-state index in [-0.39, 0.29) is 35.6 Å². The number of piperidine rings is 3. The molecule has 3 aliphatic heterocycles. The molecular weight excluding hydrogens is 410 g/mol. The van der Waals surface area contributed by atoms with Gasteiger partial charge in [-0.3, -0.25) is 14.5 Å². The predicted molar refractivity (Wildman–Crippen MR) is 129 cm³/mol. The van der Waals surface area contributed by atoms with Gasteiger partial charge in [-0.25, -0.2) is 0 Å². The molecule has 3 heterocycles. The van der Waals surface area contributed by atoms with E-state index in [9.17, 15) is 9.59 Å². The molecule has 0 aromatic heterocycles. The number of amides is 2. The van der Waals surface area contributed by atoms with Gasteiger partial charge in [-0.05, 0) is 48.8 Å². The third kappa shape index (κ3) is 4.08. The summed E-state index contributed by atoms with van der Waals surface area (Å²) in [4.78, 5) is 29.8. The van der Waals surface area contributed by atoms with E-state index >= 15 is 0 Å². The topological polar surface area (TPSA) is 61.4 Å². The van der Waals surface area contributed by atoms with Crippen LogP contribution >= 0.6 is 0 Å². The fourth-order valence-corrected chi connectivity index (χ4v) is 6.67. The molecule has 4 fully saturated rings. The maximum absolute atomic E-state index is 13.9. The van der Waals surface area contributed by atoms with Crippen LogP contribution in [0.1, 0.15) is 37.8 Å². The molecule has 3 saturated heterocycles. The van der Waals surface area contributed by atoms with Gasteiger partial charge in [0, 0.05) is 25.0 Å². The number of likely N-dealkylation sites (tertiary alicyclic amines) is 1. The monoisotopic (exact) mass is 445 g/mol. The summed E-state index contributed by atoms with van der Waals surface area (Å²) in [6.07, 6.45) is 2.53. The molecule has 5 atom stereocenters. The Labute approximate surface area is 196 Å². The van der Waals surface area contributed by atoms with E-state index in [1.54, 1.807) is 0 Å². The summed E-state index contributed by atoms with van der Waals surface area (Å²) in [6.45, 7) is 6.94. The average molecular weight is 446 g/mol. The molecule has 5 nitrogen and oxygen atoms in total. The van der Waals surface area contributed by atoms with Crippen molar-refractivity contribution in [3.8, 4) is 0 Å². The fraction of sp³-hybridized carbons (Fsp3) is 0.500. The van der Waals surface area contributed by atoms with Crippen LogP contribution in [0.3, 0.4) is 0 Å². The predicted octanol–water partition coefficient (Wildman–Crippen LogP) is 3.40. The molecule has 1 saturated carbocycles. The first kappa shape index (κ1) is 22.1. The number of hydrogen-bond acceptors (Lipinski definition) is 3. The second-order valence-corrected chi connectivity index (χ2v) is 10.6. The van der Waals surface area contributed by atoms with Crippen LogP contribution in [0.2, 0.25) is 0 Å². The van der Waals surface area contributed by atoms with Crippen LogP contribution in [0.4, 0.5) is 0 Å². The van der Waals surface area contributed by atoms with Gasteiger partial charge in [-0.2, -0.15) is 0 Å². The summed E-state index contributed by atoms with van der Waals surface area (Å²) in [5.74, 6) is 0.875. The van der Waals surface area contributed by atoms with E-state index < -0.39 is 5.54 Å². The Morgan fingerprint density at radius 2 is 1.76 bits per heavy atom. The quantitative estimate of drug-likeness (QED) is 0.687. The van der Waals surface area contributed by atoms with Crippen molar-refractivity contribution in [1.82, 2.24) is 15.5 Å². The van der Waals surface area contributed by atoms with E-state index in [4.69, 9.17) is 0 Å². The molecule has 0 spiro atoms. The van der Waals surface area contributed by atoms with E-state index in [0.717, 1.165) is 37.9 Å². The molecular formula is C28H35N3O2. The van der Waals surface area contributed by atoms with Crippen molar-refractivity contribution < 1.29 is 9.59 Å². The maximum atomic E-state index is 13.9. The third-order valence-corrected chi connectivity index (χ3v) is 7.96. The first-order chi connectivity index (χ1) is 16.0. The number of hydrogen-bond donors (Lipinski definition) is 2. The summed E-state index contributed by atoms with van der Waals surface area (Å²) < 4.78 is 0. The Morgan fingerprint density at radius 1 is 1.09 bits per heavy atom. The Bertz CT molecular complexity index is 993. The van der Waals surface area contributed by atoms with Crippen LogP contribution < -0.4 is 10.6 Å². The van der Waals surface area contributed by atoms with Crippen LogP contribution in [0, 0.1) is 23.7 Å². The molecule has 174 valence electrons. The average Bonchev–Trinajstić information content (AvgIpc) is 2.82. The third-order valence-electron chi connectivity index (χ3n) is 7.96. The lowest BCUT2D eigenvalue weighted by atomic mass is 9.53. The second kappa shape index (κ2) is 8.94. The van der Waals surface area contributed by atoms with Crippen LogP contribution in [0.5, 0.6) is 0 Å². The summed E-state index contributed by atoms with van der Waals surface area (Å²) in [6, 6.07) is 20.5. The molecule has 2 amide bonds. The molecule has 1 aliphatic carbocycles. The fourth-order valence-electron chi connectivity index (χ4n) is 6.67. The largest absolute Gasteiger partial charge is 0.350 e. The normalized spacial score (nSPS) is 30.8. The van der Waals surface area contributed by atoms with Gasteiger partial charge in [-0.15, -0.1) is 0 Å². The molecule has 4 aliphatic rings. The smallest absolute Gasteiger partial charge is 0.246 e. The number of nitrogens with zero attached hydrogens (tertiary/aromatic N) is 1. The highest BCUT2D eigenvalue weighted by Gasteiger charge is 2.66. The van der Waals surface area contributed by atoms with E-state index in [2.05, 4.69) is 53.6 Å². The Kier molecular flexibility index (Phi) is 6.00. The highest BCUT2D eigenvalue weighted by molar-refractivity contribution is 5.96. The van der Waals surface area contributed by atoms with Crippen molar-refractivity contribution in [3.63, 3.8) is 0 Å². The van der Waals surface area contributed by atoms with Crippen molar-refractivity contribution in [2.75, 3.05) is 13.1 Å². The molecule has 6 rings (SSSR count). The lowest BCUT2D eigenvalue weighted by Crippen LogP contribution is -2.80.